The van der Waals surface area contributed by atoms with Gasteiger partial charge in [0.2, 0.25) is 11.2 Å². The molecule has 0 radical (unpaired) electrons. The molecule has 0 saturated carbocycles. The van der Waals surface area contributed by atoms with Crippen LogP contribution in [0.2, 0.25) is 19.6 Å². The highest BCUT2D eigenvalue weighted by Crippen LogP contribution is 2.37. The molecule has 0 bridgehead atoms. The van der Waals surface area contributed by atoms with Crippen molar-refractivity contribution in [3.8, 4) is 11.3 Å². The van der Waals surface area contributed by atoms with Gasteiger partial charge in [0.05, 0.1) is 13.6 Å². The van der Waals surface area contributed by atoms with E-state index in [0.717, 1.165) is 11.2 Å². The van der Waals surface area contributed by atoms with Crippen molar-refractivity contribution < 1.29 is 8.98 Å². The molecule has 0 aliphatic heterocycles. The van der Waals surface area contributed by atoms with E-state index in [1.807, 2.05) is 6.07 Å². The Balaban J connectivity index is 1.90. The number of hydrogen-bond acceptors (Lipinski definition) is 1. The molecule has 0 aliphatic rings. The molecule has 0 aliphatic carbocycles. The number of benzene rings is 3. The molecule has 3 aromatic carbocycles. The lowest BCUT2D eigenvalue weighted by atomic mass is 9.98. The first-order valence-corrected chi connectivity index (χ1v) is 14.1. The lowest BCUT2D eigenvalue weighted by Gasteiger charge is -2.20. The average Bonchev–Trinajstić information content (AvgIpc) is 3.08. The van der Waals surface area contributed by atoms with Crippen LogP contribution < -0.4 is 9.75 Å². The van der Waals surface area contributed by atoms with E-state index in [1.165, 1.54) is 49.2 Å². The number of para-hydroxylation sites is 1. The number of fused-ring (bicyclic) bond motifs is 4. The average molecular weight is 411 g/mol. The SMILES string of the molecule is Cc1ccc2c(oc3ccccc32)c1-c1cc(C)c2c([Si](C)(C)C)cccc2[n+]1C. The van der Waals surface area contributed by atoms with Crippen LogP contribution in [-0.4, -0.2) is 8.07 Å². The monoisotopic (exact) mass is 410 g/mol. The zero-order valence-electron chi connectivity index (χ0n) is 18.6. The van der Waals surface area contributed by atoms with Crippen molar-refractivity contribution in [1.29, 1.82) is 0 Å². The summed E-state index contributed by atoms with van der Waals surface area (Å²) >= 11 is 0. The third-order valence-corrected chi connectivity index (χ3v) is 8.36. The summed E-state index contributed by atoms with van der Waals surface area (Å²) < 4.78 is 8.75. The summed E-state index contributed by atoms with van der Waals surface area (Å²) in [5.74, 6) is 0. The first kappa shape index (κ1) is 19.1. The normalized spacial score (nSPS) is 12.3. The second-order valence-corrected chi connectivity index (χ2v) is 14.5. The minimum atomic E-state index is -1.46. The second kappa shape index (κ2) is 6.54. The minimum absolute atomic E-state index is 0.945. The second-order valence-electron chi connectivity index (χ2n) is 9.45. The van der Waals surface area contributed by atoms with Gasteiger partial charge in [-0.3, -0.25) is 0 Å². The molecule has 150 valence electrons. The fraction of sp³-hybridized carbons (Fsp3) is 0.222. The molecule has 2 heterocycles. The van der Waals surface area contributed by atoms with Crippen molar-refractivity contribution in [1.82, 2.24) is 0 Å². The van der Waals surface area contributed by atoms with Crippen molar-refractivity contribution in [3.63, 3.8) is 0 Å². The smallest absolute Gasteiger partial charge is 0.217 e. The van der Waals surface area contributed by atoms with E-state index in [4.69, 9.17) is 4.42 Å². The third-order valence-electron chi connectivity index (χ3n) is 6.33. The number of furan rings is 1. The molecule has 5 aromatic rings. The Morgan fingerprint density at radius 3 is 2.33 bits per heavy atom. The molecule has 5 rings (SSSR count). The largest absolute Gasteiger partial charge is 0.455 e. The highest BCUT2D eigenvalue weighted by Gasteiger charge is 2.27. The van der Waals surface area contributed by atoms with E-state index in [2.05, 4.69) is 99.7 Å². The predicted octanol–water partition coefficient (Wildman–Crippen LogP) is 6.39. The maximum Gasteiger partial charge on any atom is 0.217 e. The van der Waals surface area contributed by atoms with Crippen LogP contribution in [0.25, 0.3) is 44.1 Å². The van der Waals surface area contributed by atoms with Gasteiger partial charge in [0.25, 0.3) is 0 Å². The van der Waals surface area contributed by atoms with Crippen LogP contribution in [0.15, 0.2) is 65.1 Å². The number of rotatable bonds is 2. The van der Waals surface area contributed by atoms with Crippen LogP contribution >= 0.6 is 0 Å². The van der Waals surface area contributed by atoms with E-state index in [0.29, 0.717) is 0 Å². The summed E-state index contributed by atoms with van der Waals surface area (Å²) in [6.45, 7) is 11.7. The van der Waals surface area contributed by atoms with Gasteiger partial charge in [0.1, 0.15) is 18.2 Å². The van der Waals surface area contributed by atoms with E-state index in [-0.39, 0.29) is 0 Å². The van der Waals surface area contributed by atoms with Crippen LogP contribution in [0, 0.1) is 13.8 Å². The highest BCUT2D eigenvalue weighted by molar-refractivity contribution is 6.90. The van der Waals surface area contributed by atoms with Crippen LogP contribution in [-0.2, 0) is 7.05 Å². The Morgan fingerprint density at radius 2 is 1.57 bits per heavy atom. The Morgan fingerprint density at radius 1 is 0.800 bits per heavy atom. The first-order chi connectivity index (χ1) is 14.3. The van der Waals surface area contributed by atoms with Crippen molar-refractivity contribution in [2.24, 2.45) is 7.05 Å². The van der Waals surface area contributed by atoms with Gasteiger partial charge in [-0.25, -0.2) is 0 Å². The maximum absolute atomic E-state index is 6.40. The zero-order chi connectivity index (χ0) is 21.2. The number of pyridine rings is 1. The molecule has 0 amide bonds. The molecule has 2 nitrogen and oxygen atoms in total. The van der Waals surface area contributed by atoms with E-state index < -0.39 is 8.07 Å². The van der Waals surface area contributed by atoms with Crippen molar-refractivity contribution in [3.05, 3.63) is 71.8 Å². The molecular weight excluding hydrogens is 382 g/mol. The zero-order valence-corrected chi connectivity index (χ0v) is 19.6. The molecule has 0 atom stereocenters. The number of nitrogens with zero attached hydrogens (tertiary/aromatic N) is 1. The Hall–Kier alpha value is -2.91. The molecule has 2 aromatic heterocycles. The quantitative estimate of drug-likeness (QED) is 0.243. The van der Waals surface area contributed by atoms with Crippen LogP contribution in [0.4, 0.5) is 0 Å². The predicted molar refractivity (Wildman–Crippen MR) is 130 cm³/mol. The first-order valence-electron chi connectivity index (χ1n) is 10.6. The van der Waals surface area contributed by atoms with E-state index in [1.54, 1.807) is 0 Å². The van der Waals surface area contributed by atoms with Gasteiger partial charge in [-0.2, -0.15) is 4.57 Å². The van der Waals surface area contributed by atoms with Gasteiger partial charge in [-0.1, -0.05) is 62.1 Å². The minimum Gasteiger partial charge on any atom is -0.455 e. The van der Waals surface area contributed by atoms with Crippen molar-refractivity contribution in [2.75, 3.05) is 0 Å². The van der Waals surface area contributed by atoms with Gasteiger partial charge in [0.15, 0.2) is 0 Å². The van der Waals surface area contributed by atoms with Crippen molar-refractivity contribution >= 4 is 46.1 Å². The number of aryl methyl sites for hydroxylation is 3. The van der Waals surface area contributed by atoms with Gasteiger partial charge < -0.3 is 4.42 Å². The molecule has 0 fully saturated rings. The summed E-state index contributed by atoms with van der Waals surface area (Å²) in [5, 5.41) is 5.30. The Labute approximate surface area is 178 Å². The fourth-order valence-electron chi connectivity index (χ4n) is 4.81. The van der Waals surface area contributed by atoms with Crippen LogP contribution in [0.1, 0.15) is 11.1 Å². The standard InChI is InChI=1S/C27H28NOSi/c1-17-14-15-20-19-10-7-8-12-23(19)29-27(20)26(17)22-16-18(2)25-21(28(22)3)11-9-13-24(25)30(4,5)6/h7-16H,1-6H3/q+1. The van der Waals surface area contributed by atoms with Crippen LogP contribution in [0.5, 0.6) is 0 Å². The third kappa shape index (κ3) is 2.72. The van der Waals surface area contributed by atoms with E-state index >= 15 is 0 Å². The molecule has 30 heavy (non-hydrogen) atoms. The molecular formula is C27H28NOSi+. The topological polar surface area (TPSA) is 17.0 Å². The Kier molecular flexibility index (Phi) is 4.16. The summed E-state index contributed by atoms with van der Waals surface area (Å²) in [6.07, 6.45) is 0. The fourth-order valence-corrected chi connectivity index (χ4v) is 6.48. The molecule has 0 spiro atoms. The van der Waals surface area contributed by atoms with Gasteiger partial charge in [-0.15, -0.1) is 0 Å². The van der Waals surface area contributed by atoms with Gasteiger partial charge >= 0.3 is 0 Å². The van der Waals surface area contributed by atoms with Gasteiger partial charge in [0, 0.05) is 28.3 Å². The highest BCUT2D eigenvalue weighted by atomic mass is 28.3. The van der Waals surface area contributed by atoms with Crippen molar-refractivity contribution in [2.45, 2.75) is 33.5 Å². The van der Waals surface area contributed by atoms with E-state index in [9.17, 15) is 0 Å². The molecule has 0 N–H and O–H groups in total. The maximum atomic E-state index is 6.40. The van der Waals surface area contributed by atoms with Gasteiger partial charge in [-0.05, 0) is 36.2 Å². The Bertz CT molecular complexity index is 1450. The summed E-state index contributed by atoms with van der Waals surface area (Å²) in [7, 11) is 0.729. The molecule has 0 unspecified atom stereocenters. The number of aromatic nitrogens is 1. The summed E-state index contributed by atoms with van der Waals surface area (Å²) in [4.78, 5) is 0. The lowest BCUT2D eigenvalue weighted by molar-refractivity contribution is -0.633. The molecule has 0 saturated heterocycles. The molecule has 3 heteroatoms. The summed E-state index contributed by atoms with van der Waals surface area (Å²) in [5.41, 5.74) is 8.18. The number of hydrogen-bond donors (Lipinski definition) is 0. The van der Waals surface area contributed by atoms with Crippen LogP contribution in [0.3, 0.4) is 0 Å². The lowest BCUT2D eigenvalue weighted by Crippen LogP contribution is -2.41. The summed E-state index contributed by atoms with van der Waals surface area (Å²) in [6, 6.07) is 21.9.